The molecule has 0 spiro atoms. The van der Waals surface area contributed by atoms with E-state index in [1.54, 1.807) is 33.8 Å². The molecule has 0 fully saturated rings. The summed E-state index contributed by atoms with van der Waals surface area (Å²) in [6.07, 6.45) is 7.77. The van der Waals surface area contributed by atoms with E-state index in [2.05, 4.69) is 0 Å². The Hall–Kier alpha value is -4.73. The lowest BCUT2D eigenvalue weighted by Gasteiger charge is -2.29. The van der Waals surface area contributed by atoms with Crippen molar-refractivity contribution >= 4 is 40.1 Å². The van der Waals surface area contributed by atoms with Crippen LogP contribution in [0.2, 0.25) is 0 Å². The molecule has 10 heteroatoms. The van der Waals surface area contributed by atoms with Crippen LogP contribution in [0.1, 0.15) is 66.5 Å². The second-order valence-corrected chi connectivity index (χ2v) is 12.2. The fraction of sp³-hybridized carbons (Fsp3) is 0.400. The maximum absolute atomic E-state index is 14.5. The van der Waals surface area contributed by atoms with Crippen LogP contribution in [0.3, 0.4) is 0 Å². The molecular weight excluding hydrogens is 580 g/mol. The van der Waals surface area contributed by atoms with E-state index < -0.39 is 23.3 Å². The van der Waals surface area contributed by atoms with Crippen LogP contribution in [0.4, 0.5) is 4.79 Å². The first kappa shape index (κ1) is 33.2. The Balaban J connectivity index is 2.00. The molecule has 0 radical (unpaired) electrons. The molecule has 10 nitrogen and oxygen atoms in total. The minimum atomic E-state index is -0.931. The van der Waals surface area contributed by atoms with Crippen LogP contribution in [0.25, 0.3) is 28.0 Å². The Labute approximate surface area is 262 Å². The number of esters is 1. The lowest BCUT2D eigenvalue weighted by atomic mass is 9.97. The second-order valence-electron chi connectivity index (χ2n) is 12.2. The van der Waals surface area contributed by atoms with E-state index in [1.165, 1.54) is 25.3 Å². The summed E-state index contributed by atoms with van der Waals surface area (Å²) in [4.78, 5) is 39.0. The Bertz CT molecular complexity index is 1780. The molecule has 0 bridgehead atoms. The topological polar surface area (TPSA) is 120 Å². The van der Waals surface area contributed by atoms with Gasteiger partial charge in [0.15, 0.2) is 11.5 Å². The van der Waals surface area contributed by atoms with Gasteiger partial charge >= 0.3 is 12.1 Å². The van der Waals surface area contributed by atoms with Crippen molar-refractivity contribution in [2.45, 2.75) is 73.0 Å². The molecule has 0 N–H and O–H groups in total. The molecule has 1 aliphatic rings. The van der Waals surface area contributed by atoms with Crippen molar-refractivity contribution in [1.29, 1.82) is 0 Å². The molecule has 45 heavy (non-hydrogen) atoms. The normalized spacial score (nSPS) is 13.7. The zero-order chi connectivity index (χ0) is 33.1. The van der Waals surface area contributed by atoms with Gasteiger partial charge in [0, 0.05) is 23.8 Å². The van der Waals surface area contributed by atoms with Crippen LogP contribution in [0.15, 0.2) is 51.2 Å². The van der Waals surface area contributed by atoms with E-state index in [9.17, 15) is 14.4 Å². The highest BCUT2D eigenvalue weighted by Crippen LogP contribution is 2.44. The molecule has 0 saturated heterocycles. The molecule has 2 aromatic carbocycles. The molecule has 0 atom stereocenters. The van der Waals surface area contributed by atoms with Gasteiger partial charge in [-0.25, -0.2) is 9.59 Å². The quantitative estimate of drug-likeness (QED) is 0.0784. The van der Waals surface area contributed by atoms with Crippen LogP contribution in [0.5, 0.6) is 23.0 Å². The fourth-order valence-corrected chi connectivity index (χ4v) is 4.78. The van der Waals surface area contributed by atoms with E-state index >= 15 is 0 Å². The second kappa shape index (κ2) is 13.1. The van der Waals surface area contributed by atoms with E-state index in [0.717, 1.165) is 5.57 Å². The predicted octanol–water partition coefficient (Wildman–Crippen LogP) is 7.46. The lowest BCUT2D eigenvalue weighted by molar-refractivity contribution is -0.137. The smallest absolute Gasteiger partial charge is 0.493 e. The Morgan fingerprint density at radius 1 is 1.04 bits per heavy atom. The molecule has 0 amide bonds. The number of fused-ring (bicyclic) bond motifs is 3. The first-order chi connectivity index (χ1) is 21.1. The number of hydrogen-bond acceptors (Lipinski definition) is 10. The summed E-state index contributed by atoms with van der Waals surface area (Å²) in [6.45, 7) is 14.8. The summed E-state index contributed by atoms with van der Waals surface area (Å²) >= 11 is 0. The number of carbonyl (C=O) groups excluding carboxylic acids is 2. The van der Waals surface area contributed by atoms with Crippen LogP contribution in [-0.2, 0) is 20.7 Å². The van der Waals surface area contributed by atoms with Crippen molar-refractivity contribution in [3.8, 4) is 23.0 Å². The summed E-state index contributed by atoms with van der Waals surface area (Å²) in [5, 5.41) is 0.418. The predicted molar refractivity (Wildman–Crippen MR) is 172 cm³/mol. The molecule has 0 aliphatic carbocycles. The van der Waals surface area contributed by atoms with Crippen LogP contribution < -0.4 is 24.4 Å². The largest absolute Gasteiger partial charge is 0.514 e. The van der Waals surface area contributed by atoms with Gasteiger partial charge in [-0.1, -0.05) is 11.6 Å². The third-order valence-electron chi connectivity index (χ3n) is 6.62. The van der Waals surface area contributed by atoms with Gasteiger partial charge in [-0.05, 0) is 80.0 Å². The van der Waals surface area contributed by atoms with Crippen LogP contribution in [0, 0.1) is 0 Å². The van der Waals surface area contributed by atoms with Crippen LogP contribution >= 0.6 is 0 Å². The van der Waals surface area contributed by atoms with Crippen molar-refractivity contribution in [2.24, 2.45) is 0 Å². The minimum Gasteiger partial charge on any atom is -0.493 e. The van der Waals surface area contributed by atoms with Crippen molar-refractivity contribution in [2.75, 3.05) is 20.3 Å². The maximum atomic E-state index is 14.5. The highest BCUT2D eigenvalue weighted by molar-refractivity contribution is 5.99. The van der Waals surface area contributed by atoms with Gasteiger partial charge in [-0.15, -0.1) is 0 Å². The number of allylic oxidation sites excluding steroid dienone is 2. The third-order valence-corrected chi connectivity index (χ3v) is 6.62. The Morgan fingerprint density at radius 2 is 1.76 bits per heavy atom. The van der Waals surface area contributed by atoms with Gasteiger partial charge in [0.1, 0.15) is 45.9 Å². The fourth-order valence-electron chi connectivity index (χ4n) is 4.78. The average Bonchev–Trinajstić information content (AvgIpc) is 2.91. The van der Waals surface area contributed by atoms with Crippen molar-refractivity contribution in [1.82, 2.24) is 0 Å². The molecule has 0 unspecified atom stereocenters. The zero-order valence-corrected chi connectivity index (χ0v) is 27.2. The first-order valence-corrected chi connectivity index (χ1v) is 14.7. The summed E-state index contributed by atoms with van der Waals surface area (Å²) in [5.41, 5.74) is 0.591. The summed E-state index contributed by atoms with van der Waals surface area (Å²) in [7, 11) is 1.43. The van der Waals surface area contributed by atoms with Gasteiger partial charge < -0.3 is 32.8 Å². The number of benzene rings is 2. The molecule has 240 valence electrons. The first-order valence-electron chi connectivity index (χ1n) is 14.7. The molecular formula is C35H40O10. The number of ether oxygens (including phenoxy) is 6. The molecule has 3 aromatic rings. The van der Waals surface area contributed by atoms with E-state index in [-0.39, 0.29) is 64.3 Å². The van der Waals surface area contributed by atoms with E-state index in [4.69, 9.17) is 32.8 Å². The number of carbonyl (C=O) groups is 2. The third kappa shape index (κ3) is 7.68. The van der Waals surface area contributed by atoms with Gasteiger partial charge in [-0.2, -0.15) is 0 Å². The highest BCUT2D eigenvalue weighted by Gasteiger charge is 2.30. The van der Waals surface area contributed by atoms with Crippen molar-refractivity contribution < 1.29 is 42.4 Å². The standard InChI is InChI=1S/C35H40O10/c1-10-40-27(36)12-11-17-41-32-21-15-16-35(7,8)44-23(21)18-25-29(32)30(37)28-22(14-13-20(2)3)31(39-9)26(19-24(28)42-25)43-33(38)45-34(4,5)6/h11-13,15-16,18-19H,10,14,17H2,1-9H3/b12-11+. The summed E-state index contributed by atoms with van der Waals surface area (Å²) in [5.74, 6) is 0.417. The summed E-state index contributed by atoms with van der Waals surface area (Å²) < 4.78 is 40.3. The van der Waals surface area contributed by atoms with Crippen LogP contribution in [-0.4, -0.2) is 43.7 Å². The summed E-state index contributed by atoms with van der Waals surface area (Å²) in [6, 6.07) is 3.09. The van der Waals surface area contributed by atoms with E-state index in [0.29, 0.717) is 16.9 Å². The highest BCUT2D eigenvalue weighted by atomic mass is 16.7. The SMILES string of the molecule is CCOC(=O)/C=C/COc1c2c(cc3oc4cc(OC(=O)OC(C)(C)C)c(OC)c(CC=C(C)C)c4c(=O)c13)OC(C)(C)C=C2. The Kier molecular flexibility index (Phi) is 9.65. The molecule has 0 saturated carbocycles. The lowest BCUT2D eigenvalue weighted by Crippen LogP contribution is -2.27. The maximum Gasteiger partial charge on any atom is 0.514 e. The van der Waals surface area contributed by atoms with Gasteiger partial charge in [-0.3, -0.25) is 4.79 Å². The number of methoxy groups -OCH3 is 1. The molecule has 2 heterocycles. The number of hydrogen-bond donors (Lipinski definition) is 0. The van der Waals surface area contributed by atoms with Gasteiger partial charge in [0.25, 0.3) is 0 Å². The van der Waals surface area contributed by atoms with Crippen molar-refractivity contribution in [3.63, 3.8) is 0 Å². The van der Waals surface area contributed by atoms with Gasteiger partial charge in [0.2, 0.25) is 5.43 Å². The van der Waals surface area contributed by atoms with E-state index in [1.807, 2.05) is 45.9 Å². The number of rotatable bonds is 9. The zero-order valence-electron chi connectivity index (χ0n) is 27.2. The molecule has 1 aromatic heterocycles. The molecule has 1 aliphatic heterocycles. The molecule has 4 rings (SSSR count). The minimum absolute atomic E-state index is 0.0321. The van der Waals surface area contributed by atoms with Gasteiger partial charge in [0.05, 0.1) is 24.7 Å². The monoisotopic (exact) mass is 620 g/mol. The average molecular weight is 621 g/mol. The van der Waals surface area contributed by atoms with Crippen molar-refractivity contribution in [3.05, 3.63) is 63.4 Å². The Morgan fingerprint density at radius 3 is 2.40 bits per heavy atom.